The number of hydrogen-bond acceptors (Lipinski definition) is 6. The predicted octanol–water partition coefficient (Wildman–Crippen LogP) is 3.09. The lowest BCUT2D eigenvalue weighted by Gasteiger charge is -2.06. The van der Waals surface area contributed by atoms with Gasteiger partial charge < -0.3 is 9.26 Å². The highest BCUT2D eigenvalue weighted by molar-refractivity contribution is 7.98. The monoisotopic (exact) mass is 306 g/mol. The second-order valence-corrected chi connectivity index (χ2v) is 5.80. The number of benzene rings is 1. The summed E-state index contributed by atoms with van der Waals surface area (Å²) in [6.45, 7) is 3.85. The average molecular weight is 306 g/mol. The Kier molecular flexibility index (Phi) is 5.38. The lowest BCUT2D eigenvalue weighted by molar-refractivity contribution is -0.143. The standard InChI is InChI=1S/C15H18N2O3S/c1-10-6-4-5-7-12(10)14-16-13(20-17-14)9-21-8-11(2)15(18)19-3/h4-7,11H,8-9H2,1-3H3. The van der Waals surface area contributed by atoms with E-state index in [1.165, 1.54) is 7.11 Å². The Balaban J connectivity index is 1.92. The molecule has 21 heavy (non-hydrogen) atoms. The van der Waals surface area contributed by atoms with Gasteiger partial charge in [-0.25, -0.2) is 0 Å². The van der Waals surface area contributed by atoms with Gasteiger partial charge >= 0.3 is 5.97 Å². The first-order chi connectivity index (χ1) is 10.1. The summed E-state index contributed by atoms with van der Waals surface area (Å²) in [5, 5.41) is 4.01. The number of ether oxygens (including phenoxy) is 1. The summed E-state index contributed by atoms with van der Waals surface area (Å²) >= 11 is 1.57. The molecule has 0 aliphatic carbocycles. The summed E-state index contributed by atoms with van der Waals surface area (Å²) in [6, 6.07) is 7.91. The molecule has 1 unspecified atom stereocenters. The first-order valence-electron chi connectivity index (χ1n) is 6.66. The molecule has 0 amide bonds. The number of aryl methyl sites for hydroxylation is 1. The number of rotatable bonds is 6. The second kappa shape index (κ2) is 7.26. The lowest BCUT2D eigenvalue weighted by atomic mass is 10.1. The Morgan fingerprint density at radius 1 is 1.43 bits per heavy atom. The zero-order chi connectivity index (χ0) is 15.2. The molecule has 0 fully saturated rings. The van der Waals surface area contributed by atoms with Gasteiger partial charge in [-0.1, -0.05) is 36.3 Å². The van der Waals surface area contributed by atoms with E-state index in [2.05, 4.69) is 14.9 Å². The van der Waals surface area contributed by atoms with Crippen LogP contribution in [0.1, 0.15) is 18.4 Å². The number of esters is 1. The van der Waals surface area contributed by atoms with Gasteiger partial charge in [0, 0.05) is 11.3 Å². The normalized spacial score (nSPS) is 12.1. The van der Waals surface area contributed by atoms with Gasteiger partial charge in [0.05, 0.1) is 18.8 Å². The van der Waals surface area contributed by atoms with Crippen molar-refractivity contribution in [1.29, 1.82) is 0 Å². The van der Waals surface area contributed by atoms with E-state index in [-0.39, 0.29) is 11.9 Å². The first-order valence-corrected chi connectivity index (χ1v) is 7.81. The van der Waals surface area contributed by atoms with Crippen LogP contribution in [0.15, 0.2) is 28.8 Å². The summed E-state index contributed by atoms with van der Waals surface area (Å²) in [7, 11) is 1.40. The van der Waals surface area contributed by atoms with Gasteiger partial charge in [0.2, 0.25) is 11.7 Å². The predicted molar refractivity (Wildman–Crippen MR) is 81.8 cm³/mol. The molecule has 2 aromatic rings. The maximum atomic E-state index is 11.3. The highest BCUT2D eigenvalue weighted by Gasteiger charge is 2.15. The van der Waals surface area contributed by atoms with Crippen LogP contribution >= 0.6 is 11.8 Å². The number of thioether (sulfide) groups is 1. The van der Waals surface area contributed by atoms with Crippen molar-refractivity contribution in [1.82, 2.24) is 10.1 Å². The van der Waals surface area contributed by atoms with Gasteiger partial charge in [0.15, 0.2) is 0 Å². The molecule has 0 bridgehead atoms. The van der Waals surface area contributed by atoms with Gasteiger partial charge in [0.1, 0.15) is 0 Å². The number of nitrogens with zero attached hydrogens (tertiary/aromatic N) is 2. The van der Waals surface area contributed by atoms with Crippen molar-refractivity contribution in [3.05, 3.63) is 35.7 Å². The van der Waals surface area contributed by atoms with Crippen molar-refractivity contribution < 1.29 is 14.1 Å². The van der Waals surface area contributed by atoms with E-state index in [0.717, 1.165) is 11.1 Å². The number of hydrogen-bond donors (Lipinski definition) is 0. The molecule has 1 heterocycles. The molecule has 1 atom stereocenters. The summed E-state index contributed by atoms with van der Waals surface area (Å²) in [5.41, 5.74) is 2.08. The zero-order valence-electron chi connectivity index (χ0n) is 12.3. The third kappa shape index (κ3) is 4.07. The lowest BCUT2D eigenvalue weighted by Crippen LogP contribution is -2.14. The van der Waals surface area contributed by atoms with Crippen LogP contribution in [0, 0.1) is 12.8 Å². The van der Waals surface area contributed by atoms with Gasteiger partial charge in [-0.3, -0.25) is 4.79 Å². The van der Waals surface area contributed by atoms with E-state index >= 15 is 0 Å². The van der Waals surface area contributed by atoms with Crippen LogP contribution in [0.5, 0.6) is 0 Å². The van der Waals surface area contributed by atoms with Gasteiger partial charge in [-0.2, -0.15) is 16.7 Å². The molecule has 1 aromatic heterocycles. The van der Waals surface area contributed by atoms with Crippen molar-refractivity contribution in [3.8, 4) is 11.4 Å². The van der Waals surface area contributed by atoms with E-state index in [1.807, 2.05) is 38.1 Å². The van der Waals surface area contributed by atoms with Gasteiger partial charge in [0.25, 0.3) is 0 Å². The molecule has 0 aliphatic rings. The highest BCUT2D eigenvalue weighted by Crippen LogP contribution is 2.22. The molecular formula is C15H18N2O3S. The number of carbonyl (C=O) groups is 1. The molecular weight excluding hydrogens is 288 g/mol. The molecule has 2 rings (SSSR count). The van der Waals surface area contributed by atoms with E-state index in [9.17, 15) is 4.79 Å². The largest absolute Gasteiger partial charge is 0.469 e. The van der Waals surface area contributed by atoms with Crippen molar-refractivity contribution in [2.24, 2.45) is 5.92 Å². The molecule has 0 aliphatic heterocycles. The smallest absolute Gasteiger partial charge is 0.309 e. The Bertz CT molecular complexity index is 612. The quantitative estimate of drug-likeness (QED) is 0.764. The maximum Gasteiger partial charge on any atom is 0.309 e. The molecule has 0 saturated heterocycles. The zero-order valence-corrected chi connectivity index (χ0v) is 13.1. The maximum absolute atomic E-state index is 11.3. The van der Waals surface area contributed by atoms with Gasteiger partial charge in [-0.05, 0) is 12.5 Å². The molecule has 0 spiro atoms. The Morgan fingerprint density at radius 2 is 2.19 bits per heavy atom. The summed E-state index contributed by atoms with van der Waals surface area (Å²) in [5.74, 6) is 2.07. The highest BCUT2D eigenvalue weighted by atomic mass is 32.2. The van der Waals surface area contributed by atoms with Crippen LogP contribution in [0.3, 0.4) is 0 Å². The third-order valence-electron chi connectivity index (χ3n) is 3.05. The minimum absolute atomic E-state index is 0.140. The fourth-order valence-corrected chi connectivity index (χ4v) is 2.74. The molecule has 0 radical (unpaired) electrons. The minimum Gasteiger partial charge on any atom is -0.469 e. The second-order valence-electron chi connectivity index (χ2n) is 4.77. The van der Waals surface area contributed by atoms with Crippen LogP contribution in [0.2, 0.25) is 0 Å². The SMILES string of the molecule is COC(=O)C(C)CSCc1nc(-c2ccccc2C)no1. The van der Waals surface area contributed by atoms with E-state index in [0.29, 0.717) is 23.2 Å². The minimum atomic E-state index is -0.200. The van der Waals surface area contributed by atoms with Crippen LogP contribution in [-0.2, 0) is 15.3 Å². The number of methoxy groups -OCH3 is 1. The fourth-order valence-electron chi connectivity index (χ4n) is 1.84. The van der Waals surface area contributed by atoms with E-state index in [1.54, 1.807) is 11.8 Å². The summed E-state index contributed by atoms with van der Waals surface area (Å²) < 4.78 is 9.93. The molecule has 0 saturated carbocycles. The van der Waals surface area contributed by atoms with E-state index in [4.69, 9.17) is 4.52 Å². The van der Waals surface area contributed by atoms with Crippen molar-refractivity contribution in [2.45, 2.75) is 19.6 Å². The fraction of sp³-hybridized carbons (Fsp3) is 0.400. The molecule has 5 nitrogen and oxygen atoms in total. The Morgan fingerprint density at radius 3 is 2.90 bits per heavy atom. The third-order valence-corrected chi connectivity index (χ3v) is 4.24. The van der Waals surface area contributed by atoms with Crippen LogP contribution in [0.25, 0.3) is 11.4 Å². The van der Waals surface area contributed by atoms with Crippen molar-refractivity contribution in [2.75, 3.05) is 12.9 Å². The number of aromatic nitrogens is 2. The first kappa shape index (κ1) is 15.6. The molecule has 112 valence electrons. The van der Waals surface area contributed by atoms with Crippen LogP contribution in [0.4, 0.5) is 0 Å². The molecule has 0 N–H and O–H groups in total. The Labute approximate surface area is 128 Å². The Hall–Kier alpha value is -1.82. The van der Waals surface area contributed by atoms with Crippen LogP contribution < -0.4 is 0 Å². The average Bonchev–Trinajstić information content (AvgIpc) is 2.95. The van der Waals surface area contributed by atoms with Gasteiger partial charge in [-0.15, -0.1) is 0 Å². The van der Waals surface area contributed by atoms with E-state index < -0.39 is 0 Å². The number of carbonyl (C=O) groups excluding carboxylic acids is 1. The molecule has 1 aromatic carbocycles. The van der Waals surface area contributed by atoms with Crippen molar-refractivity contribution >= 4 is 17.7 Å². The summed E-state index contributed by atoms with van der Waals surface area (Å²) in [6.07, 6.45) is 0. The summed E-state index contributed by atoms with van der Waals surface area (Å²) in [4.78, 5) is 15.7. The topological polar surface area (TPSA) is 65.2 Å². The van der Waals surface area contributed by atoms with Crippen LogP contribution in [-0.4, -0.2) is 29.0 Å². The molecule has 6 heteroatoms. The van der Waals surface area contributed by atoms with Crippen molar-refractivity contribution in [3.63, 3.8) is 0 Å².